The summed E-state index contributed by atoms with van der Waals surface area (Å²) < 4.78 is 5.36. The second kappa shape index (κ2) is 5.79. The Labute approximate surface area is 113 Å². The number of nitrogens with zero attached hydrogens (tertiary/aromatic N) is 2. The largest absolute Gasteiger partial charge is 0.487 e. The van der Waals surface area contributed by atoms with Gasteiger partial charge in [0.05, 0.1) is 16.7 Å². The van der Waals surface area contributed by atoms with Gasteiger partial charge in [-0.25, -0.2) is 9.78 Å². The number of benzene rings is 1. The fourth-order valence-electron chi connectivity index (χ4n) is 1.52. The van der Waals surface area contributed by atoms with Gasteiger partial charge in [-0.2, -0.15) is 0 Å². The lowest BCUT2D eigenvalue weighted by atomic mass is 10.3. The number of pyridine rings is 1. The number of carboxylic acids is 1. The Morgan fingerprint density at radius 2 is 2.05 bits per heavy atom. The minimum absolute atomic E-state index is 0.0300. The van der Waals surface area contributed by atoms with E-state index in [2.05, 4.69) is 4.98 Å². The van der Waals surface area contributed by atoms with Crippen molar-refractivity contribution in [3.63, 3.8) is 0 Å². The zero-order chi connectivity index (χ0) is 14.5. The van der Waals surface area contributed by atoms with Crippen molar-refractivity contribution in [1.82, 2.24) is 4.98 Å². The first-order chi connectivity index (χ1) is 9.56. The molecule has 0 bridgehead atoms. The molecule has 0 atom stereocenters. The van der Waals surface area contributed by atoms with Crippen LogP contribution >= 0.6 is 0 Å². The zero-order valence-electron chi connectivity index (χ0n) is 10.2. The molecule has 1 aromatic carbocycles. The molecule has 7 nitrogen and oxygen atoms in total. The van der Waals surface area contributed by atoms with E-state index in [9.17, 15) is 14.9 Å². The number of aromatic carboxylic acids is 1. The highest BCUT2D eigenvalue weighted by atomic mass is 16.6. The van der Waals surface area contributed by atoms with Gasteiger partial charge in [-0.1, -0.05) is 12.1 Å². The number of nitro benzene ring substituents is 1. The molecular weight excluding hydrogens is 264 g/mol. The van der Waals surface area contributed by atoms with E-state index in [0.29, 0.717) is 11.4 Å². The van der Waals surface area contributed by atoms with Gasteiger partial charge in [0, 0.05) is 6.07 Å². The van der Waals surface area contributed by atoms with E-state index < -0.39 is 10.9 Å². The second-order valence-electron chi connectivity index (χ2n) is 3.86. The molecule has 0 radical (unpaired) electrons. The average Bonchev–Trinajstić information content (AvgIpc) is 2.45. The van der Waals surface area contributed by atoms with Crippen LogP contribution in [0.2, 0.25) is 0 Å². The van der Waals surface area contributed by atoms with Crippen LogP contribution in [-0.4, -0.2) is 21.0 Å². The minimum atomic E-state index is -1.12. The van der Waals surface area contributed by atoms with Crippen LogP contribution < -0.4 is 4.74 Å². The van der Waals surface area contributed by atoms with Crippen molar-refractivity contribution in [3.05, 3.63) is 64.0 Å². The first kappa shape index (κ1) is 13.5. The molecule has 0 amide bonds. The fourth-order valence-corrected chi connectivity index (χ4v) is 1.52. The summed E-state index contributed by atoms with van der Waals surface area (Å²) in [7, 11) is 0. The highest BCUT2D eigenvalue weighted by Gasteiger charge is 2.08. The van der Waals surface area contributed by atoms with Crippen LogP contribution in [0.15, 0.2) is 42.5 Å². The molecule has 0 aliphatic carbocycles. The van der Waals surface area contributed by atoms with Gasteiger partial charge in [0.15, 0.2) is 0 Å². The van der Waals surface area contributed by atoms with Crippen LogP contribution in [-0.2, 0) is 6.61 Å². The molecule has 0 saturated carbocycles. The van der Waals surface area contributed by atoms with E-state index in [4.69, 9.17) is 9.84 Å². The van der Waals surface area contributed by atoms with Crippen molar-refractivity contribution < 1.29 is 19.6 Å². The van der Waals surface area contributed by atoms with Gasteiger partial charge >= 0.3 is 5.97 Å². The quantitative estimate of drug-likeness (QED) is 0.662. The van der Waals surface area contributed by atoms with Crippen molar-refractivity contribution in [2.75, 3.05) is 0 Å². The van der Waals surface area contributed by atoms with E-state index in [1.807, 2.05) is 0 Å². The van der Waals surface area contributed by atoms with Crippen molar-refractivity contribution in [1.29, 1.82) is 0 Å². The van der Waals surface area contributed by atoms with Crippen molar-refractivity contribution in [2.45, 2.75) is 6.61 Å². The Balaban J connectivity index is 2.08. The van der Waals surface area contributed by atoms with E-state index in [0.717, 1.165) is 0 Å². The summed E-state index contributed by atoms with van der Waals surface area (Å²) in [5, 5.41) is 19.4. The van der Waals surface area contributed by atoms with Crippen LogP contribution in [0, 0.1) is 10.1 Å². The highest BCUT2D eigenvalue weighted by molar-refractivity contribution is 5.85. The summed E-state index contributed by atoms with van der Waals surface area (Å²) in [5.74, 6) is -0.802. The number of ether oxygens (including phenoxy) is 1. The number of aromatic nitrogens is 1. The summed E-state index contributed by atoms with van der Waals surface area (Å²) in [6.07, 6.45) is 0. The van der Waals surface area contributed by atoms with Gasteiger partial charge < -0.3 is 9.84 Å². The first-order valence-electron chi connectivity index (χ1n) is 5.63. The molecule has 0 spiro atoms. The van der Waals surface area contributed by atoms with Gasteiger partial charge in [0.25, 0.3) is 5.69 Å². The van der Waals surface area contributed by atoms with Crippen molar-refractivity contribution >= 4 is 11.7 Å². The lowest BCUT2D eigenvalue weighted by Crippen LogP contribution is -2.05. The first-order valence-corrected chi connectivity index (χ1v) is 5.63. The highest BCUT2D eigenvalue weighted by Crippen LogP contribution is 2.19. The number of carboxylic acid groups (broad SMARTS) is 1. The summed E-state index contributed by atoms with van der Waals surface area (Å²) in [6.45, 7) is 0.0300. The lowest BCUT2D eigenvalue weighted by molar-refractivity contribution is -0.384. The molecule has 1 aromatic heterocycles. The number of rotatable bonds is 5. The van der Waals surface area contributed by atoms with Gasteiger partial charge in [-0.3, -0.25) is 10.1 Å². The van der Waals surface area contributed by atoms with Crippen LogP contribution in [0.25, 0.3) is 0 Å². The second-order valence-corrected chi connectivity index (χ2v) is 3.86. The number of nitro groups is 1. The molecule has 2 rings (SSSR count). The smallest absolute Gasteiger partial charge is 0.354 e. The van der Waals surface area contributed by atoms with E-state index >= 15 is 0 Å². The van der Waals surface area contributed by atoms with Gasteiger partial charge in [-0.15, -0.1) is 0 Å². The summed E-state index contributed by atoms with van der Waals surface area (Å²) >= 11 is 0. The average molecular weight is 274 g/mol. The number of hydrogen-bond donors (Lipinski definition) is 1. The monoisotopic (exact) mass is 274 g/mol. The third-order valence-corrected chi connectivity index (χ3v) is 2.44. The van der Waals surface area contributed by atoms with Crippen LogP contribution in [0.4, 0.5) is 5.69 Å². The molecule has 20 heavy (non-hydrogen) atoms. The van der Waals surface area contributed by atoms with Gasteiger partial charge in [0.1, 0.15) is 18.1 Å². The molecule has 0 unspecified atom stereocenters. The molecule has 0 saturated heterocycles. The summed E-state index contributed by atoms with van der Waals surface area (Å²) in [4.78, 5) is 24.8. The maximum absolute atomic E-state index is 10.8. The Kier molecular flexibility index (Phi) is 3.90. The molecule has 0 aliphatic heterocycles. The van der Waals surface area contributed by atoms with E-state index in [1.165, 1.54) is 24.3 Å². The molecule has 7 heteroatoms. The number of non-ortho nitro benzene ring substituents is 1. The standard InChI is InChI=1S/C13H10N2O5/c16-13(17)12-6-1-3-9(14-12)8-20-11-5-2-4-10(7-11)15(18)19/h1-7H,8H2,(H,16,17). The maximum Gasteiger partial charge on any atom is 0.354 e. The van der Waals surface area contributed by atoms with Crippen LogP contribution in [0.5, 0.6) is 5.75 Å². The number of hydrogen-bond acceptors (Lipinski definition) is 5. The number of carbonyl (C=O) groups is 1. The summed E-state index contributed by atoms with van der Waals surface area (Å²) in [6, 6.07) is 10.3. The normalized spacial score (nSPS) is 10.0. The van der Waals surface area contributed by atoms with Crippen LogP contribution in [0.3, 0.4) is 0 Å². The van der Waals surface area contributed by atoms with Crippen molar-refractivity contribution in [2.24, 2.45) is 0 Å². The van der Waals surface area contributed by atoms with Gasteiger partial charge in [-0.05, 0) is 18.2 Å². The molecule has 1 heterocycles. The van der Waals surface area contributed by atoms with Crippen molar-refractivity contribution in [3.8, 4) is 5.75 Å². The predicted molar refractivity (Wildman–Crippen MR) is 68.6 cm³/mol. The maximum atomic E-state index is 10.8. The topological polar surface area (TPSA) is 103 Å². The van der Waals surface area contributed by atoms with E-state index in [-0.39, 0.29) is 18.0 Å². The molecular formula is C13H10N2O5. The molecule has 2 aromatic rings. The molecule has 102 valence electrons. The fraction of sp³-hybridized carbons (Fsp3) is 0.0769. The van der Waals surface area contributed by atoms with Gasteiger partial charge in [0.2, 0.25) is 0 Å². The lowest BCUT2D eigenvalue weighted by Gasteiger charge is -2.06. The zero-order valence-corrected chi connectivity index (χ0v) is 10.2. The molecule has 1 N–H and O–H groups in total. The molecule has 0 fully saturated rings. The van der Waals surface area contributed by atoms with E-state index in [1.54, 1.807) is 18.2 Å². The minimum Gasteiger partial charge on any atom is -0.487 e. The Hall–Kier alpha value is -2.96. The SMILES string of the molecule is O=C(O)c1cccc(COc2cccc([N+](=O)[O-])c2)n1. The third-order valence-electron chi connectivity index (χ3n) is 2.44. The Morgan fingerprint density at radius 1 is 1.30 bits per heavy atom. The Morgan fingerprint density at radius 3 is 2.75 bits per heavy atom. The molecule has 0 aliphatic rings. The summed E-state index contributed by atoms with van der Waals surface area (Å²) in [5.41, 5.74) is 0.274. The Bertz CT molecular complexity index is 599. The van der Waals surface area contributed by atoms with Crippen LogP contribution in [0.1, 0.15) is 16.2 Å². The predicted octanol–water partition coefficient (Wildman–Crippen LogP) is 2.27. The third kappa shape index (κ3) is 3.29.